The van der Waals surface area contributed by atoms with Gasteiger partial charge in [-0.25, -0.2) is 0 Å². The summed E-state index contributed by atoms with van der Waals surface area (Å²) in [5, 5.41) is 2.97. The van der Waals surface area contributed by atoms with Gasteiger partial charge in [0.25, 0.3) is 11.8 Å². The van der Waals surface area contributed by atoms with Gasteiger partial charge in [-0.2, -0.15) is 0 Å². The third kappa shape index (κ3) is 4.85. The van der Waals surface area contributed by atoms with Crippen LogP contribution in [-0.4, -0.2) is 31.1 Å². The highest BCUT2D eigenvalue weighted by Crippen LogP contribution is 2.42. The summed E-state index contributed by atoms with van der Waals surface area (Å²) in [7, 11) is 0. The summed E-state index contributed by atoms with van der Waals surface area (Å²) in [4.78, 5) is 30.5. The largest absolute Gasteiger partial charge is 0.486 e. The van der Waals surface area contributed by atoms with E-state index in [1.807, 2.05) is 91.9 Å². The van der Waals surface area contributed by atoms with E-state index in [-0.39, 0.29) is 17.9 Å². The highest BCUT2D eigenvalue weighted by atomic mass is 32.2. The lowest BCUT2D eigenvalue weighted by atomic mass is 10.1. The molecule has 0 aliphatic carbocycles. The van der Waals surface area contributed by atoms with Crippen molar-refractivity contribution in [3.05, 3.63) is 113 Å². The summed E-state index contributed by atoms with van der Waals surface area (Å²) in [6.45, 7) is 3.10. The van der Waals surface area contributed by atoms with Crippen molar-refractivity contribution in [2.45, 2.75) is 29.4 Å². The molecule has 6 nitrogen and oxygen atoms in total. The Kier molecular flexibility index (Phi) is 6.52. The highest BCUT2D eigenvalue weighted by Gasteiger charge is 2.28. The molecule has 2 amide bonds. The van der Waals surface area contributed by atoms with Crippen molar-refractivity contribution in [3.8, 4) is 11.5 Å². The van der Waals surface area contributed by atoms with Gasteiger partial charge in [-0.15, -0.1) is 0 Å². The zero-order valence-corrected chi connectivity index (χ0v) is 21.7. The lowest BCUT2D eigenvalue weighted by molar-refractivity contribution is 0.0789. The summed E-state index contributed by atoms with van der Waals surface area (Å²) in [5.41, 5.74) is 4.03. The van der Waals surface area contributed by atoms with Crippen LogP contribution in [0.5, 0.6) is 11.5 Å². The Balaban J connectivity index is 1.26. The number of anilines is 1. The number of fused-ring (bicyclic) bond motifs is 3. The van der Waals surface area contributed by atoms with Crippen LogP contribution >= 0.6 is 11.8 Å². The lowest BCUT2D eigenvalue weighted by Gasteiger charge is -2.26. The van der Waals surface area contributed by atoms with E-state index in [1.54, 1.807) is 22.7 Å². The predicted molar refractivity (Wildman–Crippen MR) is 147 cm³/mol. The minimum atomic E-state index is -0.292. The molecule has 0 saturated carbocycles. The maximum Gasteiger partial charge on any atom is 0.259 e. The summed E-state index contributed by atoms with van der Waals surface area (Å²) in [6.07, 6.45) is -0.292. The van der Waals surface area contributed by atoms with Crippen LogP contribution in [0.3, 0.4) is 0 Å². The Morgan fingerprint density at radius 1 is 0.947 bits per heavy atom. The number of amides is 2. The van der Waals surface area contributed by atoms with Gasteiger partial charge in [0.2, 0.25) is 0 Å². The second kappa shape index (κ2) is 10.3. The second-order valence-corrected chi connectivity index (χ2v) is 10.4. The van der Waals surface area contributed by atoms with Crippen molar-refractivity contribution in [2.75, 3.05) is 18.1 Å². The molecule has 4 aromatic rings. The van der Waals surface area contributed by atoms with Crippen LogP contribution in [0.1, 0.15) is 31.8 Å². The Morgan fingerprint density at radius 2 is 1.71 bits per heavy atom. The number of hydrogen-bond donors (Lipinski definition) is 1. The molecule has 0 bridgehead atoms. The number of aryl methyl sites for hydroxylation is 1. The lowest BCUT2D eigenvalue weighted by Crippen LogP contribution is -2.40. The smallest absolute Gasteiger partial charge is 0.259 e. The number of hydrogen-bond acceptors (Lipinski definition) is 5. The Hall–Kier alpha value is -4.23. The standard InChI is InChI=1S/C31H26N2O4S/c1-20-10-12-21(13-11-20)18-33-25-16-22(14-15-29(25)38-28-9-5-2-6-24(28)31(33)35)30(34)32-17-23-19-36-26-7-3-4-8-27(26)37-23/h2-16,23H,17-19H2,1H3,(H,32,34)/t23-/m1/s1. The Bertz CT molecular complexity index is 1520. The molecule has 0 aromatic heterocycles. The number of carbonyl (C=O) groups is 2. The Morgan fingerprint density at radius 3 is 2.55 bits per heavy atom. The fourth-order valence-electron chi connectivity index (χ4n) is 4.57. The molecule has 0 unspecified atom stereocenters. The van der Waals surface area contributed by atoms with E-state index in [4.69, 9.17) is 9.47 Å². The normalized spacial score (nSPS) is 15.8. The van der Waals surface area contributed by atoms with Gasteiger partial charge in [-0.05, 0) is 55.0 Å². The quantitative estimate of drug-likeness (QED) is 0.355. The third-order valence-electron chi connectivity index (χ3n) is 6.61. The first kappa shape index (κ1) is 24.1. The monoisotopic (exact) mass is 522 g/mol. The van der Waals surface area contributed by atoms with Crippen molar-refractivity contribution in [2.24, 2.45) is 0 Å². The summed E-state index contributed by atoms with van der Waals surface area (Å²) >= 11 is 1.54. The van der Waals surface area contributed by atoms with Crippen LogP contribution in [0.25, 0.3) is 0 Å². The molecule has 1 atom stereocenters. The maximum atomic E-state index is 13.8. The molecule has 0 fully saturated rings. The van der Waals surface area contributed by atoms with Crippen LogP contribution in [0, 0.1) is 6.92 Å². The molecule has 0 saturated heterocycles. The van der Waals surface area contributed by atoms with Crippen LogP contribution in [0.4, 0.5) is 5.69 Å². The van der Waals surface area contributed by atoms with E-state index in [1.165, 1.54) is 0 Å². The van der Waals surface area contributed by atoms with E-state index in [0.29, 0.717) is 42.3 Å². The van der Waals surface area contributed by atoms with E-state index in [9.17, 15) is 9.59 Å². The molecule has 2 heterocycles. The average molecular weight is 523 g/mol. The molecule has 1 N–H and O–H groups in total. The first-order valence-corrected chi connectivity index (χ1v) is 13.3. The summed E-state index contributed by atoms with van der Waals surface area (Å²) in [5.74, 6) is 1.06. The van der Waals surface area contributed by atoms with Crippen LogP contribution in [0.2, 0.25) is 0 Å². The van der Waals surface area contributed by atoms with Crippen molar-refractivity contribution in [3.63, 3.8) is 0 Å². The van der Waals surface area contributed by atoms with Crippen LogP contribution < -0.4 is 19.7 Å². The summed E-state index contributed by atoms with van der Waals surface area (Å²) in [6, 6.07) is 28.8. The molecular weight excluding hydrogens is 496 g/mol. The molecule has 6 rings (SSSR count). The van der Waals surface area contributed by atoms with Gasteiger partial charge in [-0.3, -0.25) is 9.59 Å². The second-order valence-electron chi connectivity index (χ2n) is 9.37. The van der Waals surface area contributed by atoms with Crippen molar-refractivity contribution < 1.29 is 19.1 Å². The van der Waals surface area contributed by atoms with Crippen molar-refractivity contribution in [1.82, 2.24) is 5.32 Å². The topological polar surface area (TPSA) is 67.9 Å². The number of ether oxygens (including phenoxy) is 2. The average Bonchev–Trinajstić information content (AvgIpc) is 3.06. The molecule has 2 aliphatic rings. The molecule has 38 heavy (non-hydrogen) atoms. The summed E-state index contributed by atoms with van der Waals surface area (Å²) < 4.78 is 11.7. The molecule has 4 aromatic carbocycles. The van der Waals surface area contributed by atoms with Gasteiger partial charge in [0.1, 0.15) is 12.7 Å². The number of carbonyl (C=O) groups excluding carboxylic acids is 2. The number of nitrogens with one attached hydrogen (secondary N) is 1. The molecule has 0 radical (unpaired) electrons. The first-order chi connectivity index (χ1) is 18.5. The zero-order chi connectivity index (χ0) is 26.1. The Labute approximate surface area is 225 Å². The third-order valence-corrected chi connectivity index (χ3v) is 7.75. The van der Waals surface area contributed by atoms with Gasteiger partial charge in [-0.1, -0.05) is 65.9 Å². The minimum Gasteiger partial charge on any atom is -0.486 e. The first-order valence-electron chi connectivity index (χ1n) is 12.5. The van der Waals surface area contributed by atoms with Gasteiger partial charge < -0.3 is 19.7 Å². The maximum absolute atomic E-state index is 13.8. The molecule has 0 spiro atoms. The van der Waals surface area contributed by atoms with E-state index in [2.05, 4.69) is 5.32 Å². The number of benzene rings is 4. The molecule has 2 aliphatic heterocycles. The van der Waals surface area contributed by atoms with Gasteiger partial charge in [0, 0.05) is 15.4 Å². The van der Waals surface area contributed by atoms with E-state index >= 15 is 0 Å². The molecule has 7 heteroatoms. The van der Waals surface area contributed by atoms with E-state index in [0.717, 1.165) is 26.6 Å². The fourth-order valence-corrected chi connectivity index (χ4v) is 5.63. The van der Waals surface area contributed by atoms with Gasteiger partial charge in [0.05, 0.1) is 24.3 Å². The minimum absolute atomic E-state index is 0.0867. The number of para-hydroxylation sites is 2. The fraction of sp³-hybridized carbons (Fsp3) is 0.161. The molecular formula is C31H26N2O4S. The van der Waals surface area contributed by atoms with Crippen LogP contribution in [-0.2, 0) is 6.54 Å². The highest BCUT2D eigenvalue weighted by molar-refractivity contribution is 7.99. The van der Waals surface area contributed by atoms with E-state index < -0.39 is 0 Å². The van der Waals surface area contributed by atoms with Gasteiger partial charge >= 0.3 is 0 Å². The predicted octanol–water partition coefficient (Wildman–Crippen LogP) is 5.88. The van der Waals surface area contributed by atoms with Crippen LogP contribution in [0.15, 0.2) is 101 Å². The number of rotatable bonds is 5. The SMILES string of the molecule is Cc1ccc(CN2C(=O)c3ccccc3Sc3ccc(C(=O)NC[C@@H]4COc5ccccc5O4)cc32)cc1. The van der Waals surface area contributed by atoms with Gasteiger partial charge in [0.15, 0.2) is 11.5 Å². The number of nitrogens with zero attached hydrogens (tertiary/aromatic N) is 1. The van der Waals surface area contributed by atoms with Crippen molar-refractivity contribution >= 4 is 29.3 Å². The zero-order valence-electron chi connectivity index (χ0n) is 20.8. The van der Waals surface area contributed by atoms with Crippen molar-refractivity contribution in [1.29, 1.82) is 0 Å². The molecule has 190 valence electrons.